The lowest BCUT2D eigenvalue weighted by molar-refractivity contribution is -0.213. The zero-order valence-electron chi connectivity index (χ0n) is 18.9. The zero-order chi connectivity index (χ0) is 22.4. The van der Waals surface area contributed by atoms with Crippen LogP contribution in [0.15, 0.2) is 24.3 Å². The number of likely N-dealkylation sites (N-methyl/N-ethyl adjacent to an activating group) is 1. The number of fused-ring (bicyclic) bond motifs is 2. The van der Waals surface area contributed by atoms with Gasteiger partial charge >= 0.3 is 11.9 Å². The number of nitrogens with zero attached hydrogens (tertiary/aromatic N) is 2. The van der Waals surface area contributed by atoms with Crippen LogP contribution in [0.4, 0.5) is 5.69 Å². The van der Waals surface area contributed by atoms with Crippen LogP contribution in [-0.4, -0.2) is 66.6 Å². The van der Waals surface area contributed by atoms with Crippen LogP contribution in [-0.2, 0) is 24.5 Å². The number of esters is 2. The third-order valence-corrected chi connectivity index (χ3v) is 9.45. The molecule has 6 aliphatic rings. The van der Waals surface area contributed by atoms with Gasteiger partial charge in [-0.25, -0.2) is 0 Å². The largest absolute Gasteiger partial charge is 0.469 e. The number of aliphatic hydroxyl groups excluding tert-OH is 1. The van der Waals surface area contributed by atoms with Crippen molar-refractivity contribution in [3.63, 3.8) is 0 Å². The van der Waals surface area contributed by atoms with Gasteiger partial charge in [-0.1, -0.05) is 25.1 Å². The van der Waals surface area contributed by atoms with E-state index in [1.807, 2.05) is 0 Å². The summed E-state index contributed by atoms with van der Waals surface area (Å²) in [5, 5.41) is 11.3. The van der Waals surface area contributed by atoms with E-state index < -0.39 is 12.2 Å². The fourth-order valence-corrected chi connectivity index (χ4v) is 8.54. The van der Waals surface area contributed by atoms with Crippen molar-refractivity contribution in [3.8, 4) is 0 Å². The van der Waals surface area contributed by atoms with Gasteiger partial charge < -0.3 is 19.5 Å². The molecule has 1 N–H and O–H groups in total. The van der Waals surface area contributed by atoms with Crippen molar-refractivity contribution in [1.29, 1.82) is 0 Å². The maximum atomic E-state index is 13.0. The van der Waals surface area contributed by atoms with Crippen LogP contribution in [0.25, 0.3) is 0 Å². The minimum atomic E-state index is -0.422. The number of ether oxygens (including phenoxy) is 2. The predicted octanol–water partition coefficient (Wildman–Crippen LogP) is 2.06. The molecule has 0 aromatic heterocycles. The third-order valence-electron chi connectivity index (χ3n) is 9.45. The van der Waals surface area contributed by atoms with Gasteiger partial charge in [0.05, 0.1) is 31.4 Å². The summed E-state index contributed by atoms with van der Waals surface area (Å²) in [6, 6.07) is 9.17. The summed E-state index contributed by atoms with van der Waals surface area (Å²) < 4.78 is 11.1. The Hall–Kier alpha value is -2.12. The smallest absolute Gasteiger partial charge is 0.306 e. The average molecular weight is 441 g/mol. The molecule has 1 spiro atoms. The van der Waals surface area contributed by atoms with Gasteiger partial charge in [-0.15, -0.1) is 0 Å². The van der Waals surface area contributed by atoms with Gasteiger partial charge in [0.25, 0.3) is 0 Å². The Morgan fingerprint density at radius 3 is 2.69 bits per heavy atom. The Labute approximate surface area is 188 Å². The van der Waals surface area contributed by atoms with Crippen LogP contribution in [0.3, 0.4) is 0 Å². The lowest BCUT2D eigenvalue weighted by Gasteiger charge is -2.62. The number of anilines is 1. The highest BCUT2D eigenvalue weighted by atomic mass is 16.5. The van der Waals surface area contributed by atoms with Crippen LogP contribution in [0.1, 0.15) is 44.6 Å². The number of rotatable bonds is 5. The summed E-state index contributed by atoms with van der Waals surface area (Å²) >= 11 is 0. The highest BCUT2D eigenvalue weighted by Gasteiger charge is 2.77. The van der Waals surface area contributed by atoms with Gasteiger partial charge in [0.15, 0.2) is 0 Å². The first-order valence-electron chi connectivity index (χ1n) is 12.0. The number of carbonyl (C=O) groups is 2. The summed E-state index contributed by atoms with van der Waals surface area (Å²) in [4.78, 5) is 29.3. The normalized spacial score (nSPS) is 44.4. The Bertz CT molecular complexity index is 967. The van der Waals surface area contributed by atoms with Gasteiger partial charge in [0, 0.05) is 36.7 Å². The molecule has 7 nitrogen and oxygen atoms in total. The number of piperidine rings is 4. The van der Waals surface area contributed by atoms with Crippen LogP contribution >= 0.6 is 0 Å². The van der Waals surface area contributed by atoms with Crippen molar-refractivity contribution in [2.45, 2.75) is 74.9 Å². The lowest BCUT2D eigenvalue weighted by atomic mass is 9.62. The first kappa shape index (κ1) is 20.5. The van der Waals surface area contributed by atoms with Crippen molar-refractivity contribution < 1.29 is 24.2 Å². The first-order valence-corrected chi connectivity index (χ1v) is 12.0. The molecule has 32 heavy (non-hydrogen) atoms. The molecule has 0 amide bonds. The van der Waals surface area contributed by atoms with Crippen molar-refractivity contribution in [2.75, 3.05) is 19.1 Å². The molecule has 172 valence electrons. The monoisotopic (exact) mass is 440 g/mol. The maximum absolute atomic E-state index is 13.0. The summed E-state index contributed by atoms with van der Waals surface area (Å²) in [5.41, 5.74) is 2.22. The molecule has 7 rings (SSSR count). The highest BCUT2D eigenvalue weighted by molar-refractivity contribution is 5.78. The summed E-state index contributed by atoms with van der Waals surface area (Å²) in [7, 11) is 3.49. The van der Waals surface area contributed by atoms with E-state index in [2.05, 4.69) is 48.0 Å². The predicted molar refractivity (Wildman–Crippen MR) is 117 cm³/mol. The van der Waals surface area contributed by atoms with E-state index in [9.17, 15) is 14.7 Å². The molecule has 5 fully saturated rings. The number of para-hydroxylation sites is 1. The molecule has 4 saturated heterocycles. The standard InChI is InChI=1S/C25H32N2O5/c1-4-13-14-11-17-22-25(15-7-5-6-8-16(15)26(22)2)12-18(27(17)24(13)30)21(14)23(25)32-20(29)10-9-19(28)31-3/h5-8,13-14,17-18,21-24,30H,4,9-12H2,1-3H3/t13-,14?,17-,18-,21?,22-,23?,24+,25?/m0/s1. The lowest BCUT2D eigenvalue weighted by Crippen LogP contribution is -2.72. The Morgan fingerprint density at radius 2 is 1.94 bits per heavy atom. The summed E-state index contributed by atoms with van der Waals surface area (Å²) in [5.74, 6) is 0.0499. The molecule has 10 atom stereocenters. The molecule has 5 aliphatic heterocycles. The van der Waals surface area contributed by atoms with Crippen LogP contribution in [0, 0.1) is 17.8 Å². The quantitative estimate of drug-likeness (QED) is 0.702. The van der Waals surface area contributed by atoms with E-state index in [0.717, 1.165) is 19.3 Å². The van der Waals surface area contributed by atoms with Crippen LogP contribution < -0.4 is 4.90 Å². The number of hydrogen-bond donors (Lipinski definition) is 1. The molecule has 1 aliphatic carbocycles. The second-order valence-electron chi connectivity index (χ2n) is 10.3. The molecule has 1 aromatic rings. The SMILES string of the molecule is CC[C@H]1C2C[C@H]3[C@@H]4N(C)c5ccccc5C45C[C@@H](C2C5OC(=O)CCC(=O)OC)N3[C@@H]1O. The molecule has 1 saturated carbocycles. The Morgan fingerprint density at radius 1 is 1.19 bits per heavy atom. The minimum Gasteiger partial charge on any atom is -0.469 e. The molecule has 0 radical (unpaired) electrons. The average Bonchev–Trinajstić information content (AvgIpc) is 3.19. The number of methoxy groups -OCH3 is 1. The molecule has 5 heterocycles. The van der Waals surface area contributed by atoms with Crippen LogP contribution in [0.5, 0.6) is 0 Å². The van der Waals surface area contributed by atoms with E-state index in [1.54, 1.807) is 0 Å². The summed E-state index contributed by atoms with van der Waals surface area (Å²) in [6.45, 7) is 2.15. The second-order valence-corrected chi connectivity index (χ2v) is 10.3. The topological polar surface area (TPSA) is 79.3 Å². The number of benzene rings is 1. The summed E-state index contributed by atoms with van der Waals surface area (Å²) in [6.07, 6.45) is 2.28. The Balaban J connectivity index is 1.44. The van der Waals surface area contributed by atoms with E-state index in [4.69, 9.17) is 9.47 Å². The fraction of sp³-hybridized carbons (Fsp3) is 0.680. The molecule has 7 heteroatoms. The fourth-order valence-electron chi connectivity index (χ4n) is 8.54. The van der Waals surface area contributed by atoms with E-state index in [0.29, 0.717) is 5.92 Å². The Kier molecular flexibility index (Phi) is 4.44. The third kappa shape index (κ3) is 2.34. The van der Waals surface area contributed by atoms with E-state index >= 15 is 0 Å². The number of aliphatic hydroxyl groups is 1. The van der Waals surface area contributed by atoms with Crippen molar-refractivity contribution >= 4 is 17.6 Å². The highest BCUT2D eigenvalue weighted by Crippen LogP contribution is 2.69. The van der Waals surface area contributed by atoms with Gasteiger partial charge in [0.2, 0.25) is 0 Å². The van der Waals surface area contributed by atoms with Crippen molar-refractivity contribution in [3.05, 3.63) is 29.8 Å². The van der Waals surface area contributed by atoms with Crippen molar-refractivity contribution in [2.24, 2.45) is 17.8 Å². The maximum Gasteiger partial charge on any atom is 0.306 e. The molecule has 5 unspecified atom stereocenters. The number of hydrogen-bond acceptors (Lipinski definition) is 7. The van der Waals surface area contributed by atoms with E-state index in [1.165, 1.54) is 18.4 Å². The van der Waals surface area contributed by atoms with Crippen LogP contribution in [0.2, 0.25) is 0 Å². The molecular formula is C25H32N2O5. The molecular weight excluding hydrogens is 408 g/mol. The van der Waals surface area contributed by atoms with Crippen molar-refractivity contribution in [1.82, 2.24) is 4.90 Å². The van der Waals surface area contributed by atoms with Gasteiger partial charge in [-0.2, -0.15) is 0 Å². The van der Waals surface area contributed by atoms with E-state index in [-0.39, 0.29) is 60.3 Å². The second kappa shape index (κ2) is 6.94. The van der Waals surface area contributed by atoms with Gasteiger partial charge in [-0.05, 0) is 36.8 Å². The minimum absolute atomic E-state index is 0.0381. The van der Waals surface area contributed by atoms with Gasteiger partial charge in [-0.3, -0.25) is 14.5 Å². The van der Waals surface area contributed by atoms with Gasteiger partial charge in [0.1, 0.15) is 12.3 Å². The first-order chi connectivity index (χ1) is 15.4. The number of carbonyl (C=O) groups excluding carboxylic acids is 2. The zero-order valence-corrected chi connectivity index (χ0v) is 18.9. The molecule has 5 bridgehead atoms. The molecule has 1 aromatic carbocycles.